The molecule has 2 aromatic rings. The Bertz CT molecular complexity index is 932. The lowest BCUT2D eigenvalue weighted by molar-refractivity contribution is 0.0904. The van der Waals surface area contributed by atoms with E-state index in [2.05, 4.69) is 22.6 Å². The van der Waals surface area contributed by atoms with Crippen LogP contribution < -0.4 is 5.32 Å². The number of likely N-dealkylation sites (tertiary alicyclic amines) is 1. The van der Waals surface area contributed by atoms with Gasteiger partial charge in [0, 0.05) is 24.7 Å². The fourth-order valence-corrected chi connectivity index (χ4v) is 3.31. The van der Waals surface area contributed by atoms with Crippen LogP contribution in [0, 0.1) is 22.8 Å². The van der Waals surface area contributed by atoms with Crippen molar-refractivity contribution in [3.8, 4) is 23.6 Å². The average molecular weight is 347 g/mol. The summed E-state index contributed by atoms with van der Waals surface area (Å²) in [5.74, 6) is 0.597. The van der Waals surface area contributed by atoms with Gasteiger partial charge in [0.15, 0.2) is 12.0 Å². The lowest BCUT2D eigenvalue weighted by Gasteiger charge is -2.10. The predicted octanol–water partition coefficient (Wildman–Crippen LogP) is 2.38. The highest BCUT2D eigenvalue weighted by molar-refractivity contribution is 5.90. The number of carbonyl (C=O) groups is 1. The number of amides is 1. The molecular formula is C19H17N5O2. The summed E-state index contributed by atoms with van der Waals surface area (Å²) in [5, 5.41) is 20.9. The summed E-state index contributed by atoms with van der Waals surface area (Å²) in [4.78, 5) is 18.1. The number of nitriles is 2. The molecule has 7 heteroatoms. The van der Waals surface area contributed by atoms with Crippen LogP contribution in [0.25, 0.3) is 11.3 Å². The van der Waals surface area contributed by atoms with E-state index in [1.807, 2.05) is 12.1 Å². The molecule has 1 amide bonds. The molecule has 2 fully saturated rings. The van der Waals surface area contributed by atoms with Crippen LogP contribution in [0.15, 0.2) is 28.8 Å². The Hall–Kier alpha value is -3.32. The van der Waals surface area contributed by atoms with Crippen LogP contribution in [-0.4, -0.2) is 34.9 Å². The Balaban J connectivity index is 1.54. The van der Waals surface area contributed by atoms with Crippen LogP contribution in [0.4, 0.5) is 0 Å². The van der Waals surface area contributed by atoms with Crippen molar-refractivity contribution in [2.75, 3.05) is 13.1 Å². The van der Waals surface area contributed by atoms with Crippen molar-refractivity contribution in [1.29, 1.82) is 10.5 Å². The van der Waals surface area contributed by atoms with E-state index in [-0.39, 0.29) is 17.8 Å². The third-order valence-corrected chi connectivity index (χ3v) is 4.83. The highest BCUT2D eigenvalue weighted by Crippen LogP contribution is 2.44. The van der Waals surface area contributed by atoms with Gasteiger partial charge in [-0.2, -0.15) is 10.5 Å². The van der Waals surface area contributed by atoms with Gasteiger partial charge in [0.2, 0.25) is 0 Å². The lowest BCUT2D eigenvalue weighted by Crippen LogP contribution is -2.36. The van der Waals surface area contributed by atoms with Crippen LogP contribution in [0.5, 0.6) is 0 Å². The van der Waals surface area contributed by atoms with Gasteiger partial charge in [-0.1, -0.05) is 6.07 Å². The maximum absolute atomic E-state index is 12.4. The quantitative estimate of drug-likeness (QED) is 0.851. The molecule has 1 aliphatic heterocycles. The second-order valence-electron chi connectivity index (χ2n) is 6.72. The first-order valence-electron chi connectivity index (χ1n) is 8.63. The van der Waals surface area contributed by atoms with E-state index in [0.717, 1.165) is 30.4 Å². The summed E-state index contributed by atoms with van der Waals surface area (Å²) >= 11 is 0. The number of benzene rings is 1. The molecule has 130 valence electrons. The van der Waals surface area contributed by atoms with E-state index in [0.29, 0.717) is 30.3 Å². The summed E-state index contributed by atoms with van der Waals surface area (Å²) in [6.45, 7) is 1.15. The lowest BCUT2D eigenvalue weighted by atomic mass is 9.99. The minimum atomic E-state index is -0.384. The van der Waals surface area contributed by atoms with Crippen molar-refractivity contribution in [1.82, 2.24) is 15.2 Å². The zero-order valence-electron chi connectivity index (χ0n) is 14.1. The number of carbonyl (C=O) groups excluding carboxylic acids is 1. The van der Waals surface area contributed by atoms with Gasteiger partial charge in [0.05, 0.1) is 17.8 Å². The minimum Gasteiger partial charge on any atom is -0.432 e. The molecule has 1 N–H and O–H groups in total. The van der Waals surface area contributed by atoms with Gasteiger partial charge >= 0.3 is 5.91 Å². The fraction of sp³-hybridized carbons (Fsp3) is 0.368. The molecule has 26 heavy (non-hydrogen) atoms. The number of oxazole rings is 1. The van der Waals surface area contributed by atoms with Gasteiger partial charge < -0.3 is 14.6 Å². The first-order valence-corrected chi connectivity index (χ1v) is 8.63. The number of aromatic nitrogens is 1. The third-order valence-electron chi connectivity index (χ3n) is 4.83. The average Bonchev–Trinajstić information content (AvgIpc) is 3.20. The first kappa shape index (κ1) is 16.2. The van der Waals surface area contributed by atoms with Gasteiger partial charge in [0.25, 0.3) is 5.89 Å². The Morgan fingerprint density at radius 2 is 2.15 bits per heavy atom. The number of nitrogens with one attached hydrogen (secondary N) is 1. The van der Waals surface area contributed by atoms with Crippen LogP contribution in [0.2, 0.25) is 0 Å². The largest absolute Gasteiger partial charge is 0.432 e. The molecule has 7 nitrogen and oxygen atoms in total. The van der Waals surface area contributed by atoms with Crippen molar-refractivity contribution < 1.29 is 9.21 Å². The molecule has 1 saturated carbocycles. The summed E-state index contributed by atoms with van der Waals surface area (Å²) < 4.78 is 5.70. The maximum Gasteiger partial charge on any atom is 0.307 e. The van der Waals surface area contributed by atoms with Gasteiger partial charge in [-0.15, -0.1) is 0 Å². The van der Waals surface area contributed by atoms with E-state index in [1.165, 1.54) is 6.20 Å². The molecule has 1 saturated heterocycles. The van der Waals surface area contributed by atoms with Crippen LogP contribution in [0.1, 0.15) is 47.0 Å². The Labute approximate surface area is 150 Å². The van der Waals surface area contributed by atoms with Crippen LogP contribution in [-0.2, 0) is 0 Å². The molecule has 4 rings (SSSR count). The molecule has 1 aromatic carbocycles. The van der Waals surface area contributed by atoms with Gasteiger partial charge in [-0.25, -0.2) is 4.98 Å². The standard InChI is InChI=1S/C19H17N5O2/c20-8-12-1-4-15(13-2-3-13)16(7-12)17-9-22-19(26-17)18(25)23-14-5-6-24(10-14)11-21/h1,4,7,9,13-14H,2-3,5-6,10H2,(H,23,25). The number of rotatable bonds is 4. The van der Waals surface area contributed by atoms with Crippen molar-refractivity contribution >= 4 is 5.91 Å². The topological polar surface area (TPSA) is 106 Å². The van der Waals surface area contributed by atoms with E-state index in [9.17, 15) is 4.79 Å². The molecule has 0 spiro atoms. The fourth-order valence-electron chi connectivity index (χ4n) is 3.31. The Morgan fingerprint density at radius 3 is 2.85 bits per heavy atom. The second kappa shape index (κ2) is 6.53. The molecule has 1 atom stereocenters. The number of hydrogen-bond acceptors (Lipinski definition) is 6. The zero-order chi connectivity index (χ0) is 18.1. The highest BCUT2D eigenvalue weighted by atomic mass is 16.4. The van der Waals surface area contributed by atoms with E-state index in [4.69, 9.17) is 14.9 Å². The van der Waals surface area contributed by atoms with Crippen LogP contribution in [0.3, 0.4) is 0 Å². The van der Waals surface area contributed by atoms with E-state index < -0.39 is 0 Å². The summed E-state index contributed by atoms with van der Waals surface area (Å²) in [7, 11) is 0. The third kappa shape index (κ3) is 3.12. The molecule has 2 aliphatic rings. The number of hydrogen-bond donors (Lipinski definition) is 1. The molecule has 1 aromatic heterocycles. The van der Waals surface area contributed by atoms with E-state index in [1.54, 1.807) is 11.0 Å². The zero-order valence-corrected chi connectivity index (χ0v) is 14.1. The molecular weight excluding hydrogens is 330 g/mol. The molecule has 0 bridgehead atoms. The van der Waals surface area contributed by atoms with Crippen molar-refractivity contribution in [3.63, 3.8) is 0 Å². The van der Waals surface area contributed by atoms with Gasteiger partial charge in [-0.05, 0) is 42.9 Å². The minimum absolute atomic E-state index is 0.000449. The SMILES string of the molecule is N#Cc1ccc(C2CC2)c(-c2cnc(C(=O)NC3CCN(C#N)C3)o2)c1. The van der Waals surface area contributed by atoms with E-state index >= 15 is 0 Å². The summed E-state index contributed by atoms with van der Waals surface area (Å²) in [6, 6.07) is 7.61. The van der Waals surface area contributed by atoms with Crippen LogP contribution >= 0.6 is 0 Å². The van der Waals surface area contributed by atoms with Crippen molar-refractivity contribution in [3.05, 3.63) is 41.4 Å². The first-order chi connectivity index (χ1) is 12.7. The Kier molecular flexibility index (Phi) is 4.06. The van der Waals surface area contributed by atoms with Crippen molar-refractivity contribution in [2.24, 2.45) is 0 Å². The summed E-state index contributed by atoms with van der Waals surface area (Å²) in [6.07, 6.45) is 6.59. The highest BCUT2D eigenvalue weighted by Gasteiger charge is 2.29. The second-order valence-corrected chi connectivity index (χ2v) is 6.72. The molecule has 2 heterocycles. The van der Waals surface area contributed by atoms with Crippen molar-refractivity contribution in [2.45, 2.75) is 31.2 Å². The maximum atomic E-state index is 12.4. The molecule has 0 radical (unpaired) electrons. The Morgan fingerprint density at radius 1 is 1.31 bits per heavy atom. The van der Waals surface area contributed by atoms with Gasteiger partial charge in [0.1, 0.15) is 0 Å². The molecule has 1 aliphatic carbocycles. The van der Waals surface area contributed by atoms with Gasteiger partial charge in [-0.3, -0.25) is 4.79 Å². The number of nitrogens with zero attached hydrogens (tertiary/aromatic N) is 4. The smallest absolute Gasteiger partial charge is 0.307 e. The monoisotopic (exact) mass is 347 g/mol. The normalized spacial score (nSPS) is 19.0. The summed E-state index contributed by atoms with van der Waals surface area (Å²) in [5.41, 5.74) is 2.51. The predicted molar refractivity (Wildman–Crippen MR) is 91.7 cm³/mol. The molecule has 1 unspecified atom stereocenters.